The number of hydrogen-bond donors (Lipinski definition) is 3. The molecule has 0 aliphatic carbocycles. The molecule has 4 heteroatoms. The van der Waals surface area contributed by atoms with Crippen molar-refractivity contribution in [2.45, 2.75) is 19.4 Å². The predicted octanol–water partition coefficient (Wildman–Crippen LogP) is 0.986. The first kappa shape index (κ1) is 12.5. The van der Waals surface area contributed by atoms with Crippen LogP contribution >= 0.6 is 0 Å². The van der Waals surface area contributed by atoms with Crippen molar-refractivity contribution in [3.63, 3.8) is 0 Å². The normalized spacial score (nSPS) is 11.9. The van der Waals surface area contributed by atoms with Crippen molar-refractivity contribution in [2.75, 3.05) is 18.5 Å². The molecular formula is C12H18N2O2. The summed E-state index contributed by atoms with van der Waals surface area (Å²) in [5, 5.41) is 14.7. The van der Waals surface area contributed by atoms with Gasteiger partial charge in [-0.15, -0.1) is 0 Å². The van der Waals surface area contributed by atoms with Gasteiger partial charge in [0.2, 0.25) is 5.91 Å². The van der Waals surface area contributed by atoms with Gasteiger partial charge in [0.25, 0.3) is 0 Å². The van der Waals surface area contributed by atoms with Crippen molar-refractivity contribution in [3.8, 4) is 0 Å². The van der Waals surface area contributed by atoms with E-state index >= 15 is 0 Å². The molecule has 1 aromatic carbocycles. The van der Waals surface area contributed by atoms with Gasteiger partial charge in [-0.05, 0) is 18.6 Å². The van der Waals surface area contributed by atoms with Crippen LogP contribution in [-0.2, 0) is 4.79 Å². The summed E-state index contributed by atoms with van der Waals surface area (Å²) in [7, 11) is 0. The number of benzene rings is 1. The largest absolute Gasteiger partial charge is 0.394 e. The second-order valence-corrected chi connectivity index (χ2v) is 3.57. The molecule has 0 aliphatic heterocycles. The minimum atomic E-state index is -0.148. The Morgan fingerprint density at radius 3 is 2.62 bits per heavy atom. The van der Waals surface area contributed by atoms with E-state index in [1.165, 1.54) is 0 Å². The second-order valence-electron chi connectivity index (χ2n) is 3.57. The fourth-order valence-electron chi connectivity index (χ4n) is 1.29. The Morgan fingerprint density at radius 1 is 1.38 bits per heavy atom. The van der Waals surface area contributed by atoms with E-state index in [1.807, 2.05) is 37.3 Å². The highest BCUT2D eigenvalue weighted by molar-refractivity contribution is 5.80. The molecule has 0 heterocycles. The van der Waals surface area contributed by atoms with Gasteiger partial charge in [-0.1, -0.05) is 25.1 Å². The number of amides is 1. The van der Waals surface area contributed by atoms with E-state index in [9.17, 15) is 4.79 Å². The number of rotatable bonds is 6. The molecule has 1 atom stereocenters. The van der Waals surface area contributed by atoms with E-state index < -0.39 is 0 Å². The number of para-hydroxylation sites is 1. The van der Waals surface area contributed by atoms with E-state index in [-0.39, 0.29) is 25.1 Å². The van der Waals surface area contributed by atoms with Crippen molar-refractivity contribution in [2.24, 2.45) is 0 Å². The summed E-state index contributed by atoms with van der Waals surface area (Å²) in [4.78, 5) is 11.5. The van der Waals surface area contributed by atoms with Crippen LogP contribution in [0.5, 0.6) is 0 Å². The number of anilines is 1. The maximum atomic E-state index is 11.5. The van der Waals surface area contributed by atoms with Crippen molar-refractivity contribution in [1.29, 1.82) is 0 Å². The summed E-state index contributed by atoms with van der Waals surface area (Å²) >= 11 is 0. The molecule has 0 unspecified atom stereocenters. The zero-order chi connectivity index (χ0) is 11.8. The van der Waals surface area contributed by atoms with Gasteiger partial charge in [0.15, 0.2) is 0 Å². The minimum Gasteiger partial charge on any atom is -0.394 e. The van der Waals surface area contributed by atoms with E-state index in [1.54, 1.807) is 0 Å². The van der Waals surface area contributed by atoms with Gasteiger partial charge >= 0.3 is 0 Å². The number of carbonyl (C=O) groups is 1. The Bertz CT molecular complexity index is 310. The molecule has 1 amide bonds. The third kappa shape index (κ3) is 4.31. The molecule has 1 rings (SSSR count). The Kier molecular flexibility index (Phi) is 5.36. The molecule has 0 radical (unpaired) electrons. The number of carbonyl (C=O) groups excluding carboxylic acids is 1. The average Bonchev–Trinajstić information content (AvgIpc) is 2.34. The SMILES string of the molecule is CC[C@@H](CO)NC(=O)CNc1ccccc1. The zero-order valence-corrected chi connectivity index (χ0v) is 9.44. The third-order valence-corrected chi connectivity index (χ3v) is 2.31. The van der Waals surface area contributed by atoms with Crippen molar-refractivity contribution < 1.29 is 9.90 Å². The summed E-state index contributed by atoms with van der Waals surface area (Å²) in [6.07, 6.45) is 0.730. The molecule has 4 nitrogen and oxygen atoms in total. The summed E-state index contributed by atoms with van der Waals surface area (Å²) in [5.74, 6) is -0.107. The smallest absolute Gasteiger partial charge is 0.239 e. The molecule has 0 aliphatic rings. The van der Waals surface area contributed by atoms with Gasteiger partial charge in [-0.25, -0.2) is 0 Å². The van der Waals surface area contributed by atoms with Crippen LogP contribution in [0.3, 0.4) is 0 Å². The molecule has 0 aromatic heterocycles. The lowest BCUT2D eigenvalue weighted by molar-refractivity contribution is -0.120. The molecule has 1 aromatic rings. The lowest BCUT2D eigenvalue weighted by atomic mass is 10.2. The van der Waals surface area contributed by atoms with E-state index in [2.05, 4.69) is 10.6 Å². The second kappa shape index (κ2) is 6.85. The van der Waals surface area contributed by atoms with Crippen molar-refractivity contribution in [1.82, 2.24) is 5.32 Å². The van der Waals surface area contributed by atoms with Gasteiger partial charge in [0.05, 0.1) is 19.2 Å². The molecule has 0 spiro atoms. The summed E-state index contributed by atoms with van der Waals surface area (Å²) in [6.45, 7) is 2.12. The molecule has 0 saturated carbocycles. The Morgan fingerprint density at radius 2 is 2.06 bits per heavy atom. The maximum Gasteiger partial charge on any atom is 0.239 e. The summed E-state index contributed by atoms with van der Waals surface area (Å²) in [6, 6.07) is 9.38. The van der Waals surface area contributed by atoms with Crippen molar-refractivity contribution >= 4 is 11.6 Å². The molecular weight excluding hydrogens is 204 g/mol. The highest BCUT2D eigenvalue weighted by Gasteiger charge is 2.08. The summed E-state index contributed by atoms with van der Waals surface area (Å²) < 4.78 is 0. The highest BCUT2D eigenvalue weighted by atomic mass is 16.3. The Labute approximate surface area is 95.7 Å². The van der Waals surface area contributed by atoms with Crippen LogP contribution in [0.25, 0.3) is 0 Å². The van der Waals surface area contributed by atoms with Gasteiger partial charge in [0.1, 0.15) is 0 Å². The van der Waals surface area contributed by atoms with E-state index in [0.29, 0.717) is 0 Å². The van der Waals surface area contributed by atoms with Gasteiger partial charge < -0.3 is 15.7 Å². The standard InChI is InChI=1S/C12H18N2O2/c1-2-10(9-15)14-12(16)8-13-11-6-4-3-5-7-11/h3-7,10,13,15H,2,8-9H2,1H3,(H,14,16)/t10-/m0/s1. The van der Waals surface area contributed by atoms with Crippen LogP contribution in [0.2, 0.25) is 0 Å². The minimum absolute atomic E-state index is 0.0203. The lowest BCUT2D eigenvalue weighted by Crippen LogP contribution is -2.40. The summed E-state index contributed by atoms with van der Waals surface area (Å²) in [5.41, 5.74) is 0.912. The van der Waals surface area contributed by atoms with Crippen LogP contribution in [0.4, 0.5) is 5.69 Å². The lowest BCUT2D eigenvalue weighted by Gasteiger charge is -2.14. The van der Waals surface area contributed by atoms with Crippen LogP contribution in [0.15, 0.2) is 30.3 Å². The van der Waals surface area contributed by atoms with E-state index in [4.69, 9.17) is 5.11 Å². The van der Waals surface area contributed by atoms with Crippen LogP contribution in [-0.4, -0.2) is 30.2 Å². The fraction of sp³-hybridized carbons (Fsp3) is 0.417. The first-order chi connectivity index (χ1) is 7.76. The quantitative estimate of drug-likeness (QED) is 0.672. The van der Waals surface area contributed by atoms with Gasteiger partial charge in [-0.3, -0.25) is 4.79 Å². The number of aliphatic hydroxyl groups is 1. The Hall–Kier alpha value is -1.55. The van der Waals surface area contributed by atoms with Crippen LogP contribution in [0, 0.1) is 0 Å². The highest BCUT2D eigenvalue weighted by Crippen LogP contribution is 2.03. The molecule has 0 bridgehead atoms. The monoisotopic (exact) mass is 222 g/mol. The predicted molar refractivity (Wildman–Crippen MR) is 64.2 cm³/mol. The molecule has 3 N–H and O–H groups in total. The topological polar surface area (TPSA) is 61.4 Å². The fourth-order valence-corrected chi connectivity index (χ4v) is 1.29. The molecule has 88 valence electrons. The Balaban J connectivity index is 2.30. The van der Waals surface area contributed by atoms with E-state index in [0.717, 1.165) is 12.1 Å². The molecule has 0 fully saturated rings. The first-order valence-electron chi connectivity index (χ1n) is 5.45. The number of hydrogen-bond acceptors (Lipinski definition) is 3. The van der Waals surface area contributed by atoms with Crippen molar-refractivity contribution in [3.05, 3.63) is 30.3 Å². The number of nitrogens with one attached hydrogen (secondary N) is 2. The zero-order valence-electron chi connectivity index (χ0n) is 9.44. The molecule has 16 heavy (non-hydrogen) atoms. The van der Waals surface area contributed by atoms with Crippen LogP contribution < -0.4 is 10.6 Å². The number of aliphatic hydroxyl groups excluding tert-OH is 1. The van der Waals surface area contributed by atoms with Crippen LogP contribution in [0.1, 0.15) is 13.3 Å². The average molecular weight is 222 g/mol. The molecule has 0 saturated heterocycles. The van der Waals surface area contributed by atoms with Gasteiger partial charge in [0, 0.05) is 5.69 Å². The first-order valence-corrected chi connectivity index (χ1v) is 5.45. The third-order valence-electron chi connectivity index (χ3n) is 2.31. The maximum absolute atomic E-state index is 11.5. The van der Waals surface area contributed by atoms with Gasteiger partial charge in [-0.2, -0.15) is 0 Å².